The minimum atomic E-state index is -0.570. The maximum Gasteiger partial charge on any atom is 0.323 e. The summed E-state index contributed by atoms with van der Waals surface area (Å²) < 4.78 is 10.8. The third kappa shape index (κ3) is 3.19. The van der Waals surface area contributed by atoms with Gasteiger partial charge in [-0.25, -0.2) is 0 Å². The Morgan fingerprint density at radius 1 is 1.29 bits per heavy atom. The minimum Gasteiger partial charge on any atom is -0.493 e. The van der Waals surface area contributed by atoms with Gasteiger partial charge in [0.1, 0.15) is 0 Å². The lowest BCUT2D eigenvalue weighted by atomic mass is 10.2. The van der Waals surface area contributed by atoms with Crippen LogP contribution in [0.4, 0.5) is 5.69 Å². The monoisotopic (exact) mass is 307 g/mol. The molecule has 0 saturated heterocycles. The molecule has 0 aliphatic heterocycles. The predicted octanol–water partition coefficient (Wildman–Crippen LogP) is 3.97. The van der Waals surface area contributed by atoms with Gasteiger partial charge in [0.2, 0.25) is 0 Å². The number of methoxy groups -OCH3 is 1. The number of aryl methyl sites for hydroxylation is 1. The van der Waals surface area contributed by atoms with Gasteiger partial charge in [-0.3, -0.25) is 14.9 Å². The zero-order chi connectivity index (χ0) is 15.6. The average Bonchev–Trinajstić information content (AvgIpc) is 2.85. The van der Waals surface area contributed by atoms with E-state index in [1.165, 1.54) is 20.1 Å². The van der Waals surface area contributed by atoms with E-state index in [1.54, 1.807) is 12.1 Å². The van der Waals surface area contributed by atoms with Crippen LogP contribution in [0.25, 0.3) is 0 Å². The summed E-state index contributed by atoms with van der Waals surface area (Å²) in [5.74, 6) is 0.596. The van der Waals surface area contributed by atoms with Crippen molar-refractivity contribution in [2.75, 3.05) is 7.11 Å². The van der Waals surface area contributed by atoms with Crippen LogP contribution in [0.1, 0.15) is 22.2 Å². The summed E-state index contributed by atoms with van der Waals surface area (Å²) in [5, 5.41) is 11.1. The van der Waals surface area contributed by atoms with Crippen molar-refractivity contribution < 1.29 is 19.2 Å². The lowest BCUT2D eigenvalue weighted by molar-refractivity contribution is -0.385. The number of thiophene rings is 1. The van der Waals surface area contributed by atoms with E-state index in [9.17, 15) is 14.9 Å². The van der Waals surface area contributed by atoms with Crippen molar-refractivity contribution in [3.63, 3.8) is 0 Å². The highest BCUT2D eigenvalue weighted by Crippen LogP contribution is 2.42. The SMILES string of the molecule is COc1cc(C)ccc1Oc1sc(C(C)=O)cc1[N+](=O)[O-]. The summed E-state index contributed by atoms with van der Waals surface area (Å²) in [4.78, 5) is 22.1. The van der Waals surface area contributed by atoms with E-state index in [2.05, 4.69) is 0 Å². The van der Waals surface area contributed by atoms with Crippen LogP contribution in [0.2, 0.25) is 0 Å². The summed E-state index contributed by atoms with van der Waals surface area (Å²) in [6.45, 7) is 3.25. The number of hydrogen-bond acceptors (Lipinski definition) is 6. The first-order valence-electron chi connectivity index (χ1n) is 6.04. The van der Waals surface area contributed by atoms with Crippen LogP contribution in [0.15, 0.2) is 24.3 Å². The largest absolute Gasteiger partial charge is 0.493 e. The fourth-order valence-electron chi connectivity index (χ4n) is 1.70. The first-order chi connectivity index (χ1) is 9.92. The zero-order valence-corrected chi connectivity index (χ0v) is 12.5. The molecule has 0 fully saturated rings. The topological polar surface area (TPSA) is 78.7 Å². The molecule has 1 aromatic heterocycles. The van der Waals surface area contributed by atoms with Crippen LogP contribution < -0.4 is 9.47 Å². The number of ketones is 1. The minimum absolute atomic E-state index is 0.0624. The summed E-state index contributed by atoms with van der Waals surface area (Å²) in [7, 11) is 1.49. The Labute approximate surface area is 125 Å². The molecular weight excluding hydrogens is 294 g/mol. The van der Waals surface area contributed by atoms with Crippen LogP contribution in [-0.4, -0.2) is 17.8 Å². The molecule has 0 amide bonds. The van der Waals surface area contributed by atoms with Gasteiger partial charge in [-0.2, -0.15) is 0 Å². The van der Waals surface area contributed by atoms with Crippen molar-refractivity contribution in [3.05, 3.63) is 44.8 Å². The van der Waals surface area contributed by atoms with E-state index in [0.29, 0.717) is 11.5 Å². The Bertz CT molecular complexity index is 707. The van der Waals surface area contributed by atoms with E-state index in [-0.39, 0.29) is 21.4 Å². The van der Waals surface area contributed by atoms with Gasteiger partial charge < -0.3 is 9.47 Å². The fraction of sp³-hybridized carbons (Fsp3) is 0.214. The van der Waals surface area contributed by atoms with Crippen LogP contribution in [0, 0.1) is 17.0 Å². The van der Waals surface area contributed by atoms with Crippen LogP contribution in [0.5, 0.6) is 16.6 Å². The zero-order valence-electron chi connectivity index (χ0n) is 11.7. The van der Waals surface area contributed by atoms with Crippen molar-refractivity contribution in [2.24, 2.45) is 0 Å². The van der Waals surface area contributed by atoms with Gasteiger partial charge in [-0.05, 0) is 31.5 Å². The summed E-state index contributed by atoms with van der Waals surface area (Å²) in [5.41, 5.74) is 0.747. The van der Waals surface area contributed by atoms with Crippen LogP contribution >= 0.6 is 11.3 Å². The average molecular weight is 307 g/mol. The summed E-state index contributed by atoms with van der Waals surface area (Å²) in [6, 6.07) is 6.47. The molecule has 6 nitrogen and oxygen atoms in total. The normalized spacial score (nSPS) is 10.2. The van der Waals surface area contributed by atoms with Gasteiger partial charge in [0.25, 0.3) is 5.06 Å². The van der Waals surface area contributed by atoms with E-state index in [0.717, 1.165) is 16.9 Å². The summed E-state index contributed by atoms with van der Waals surface area (Å²) in [6.07, 6.45) is 0. The Hall–Kier alpha value is -2.41. The number of nitrogens with zero attached hydrogens (tertiary/aromatic N) is 1. The Morgan fingerprint density at radius 2 is 2.00 bits per heavy atom. The van der Waals surface area contributed by atoms with Crippen molar-refractivity contribution in [1.82, 2.24) is 0 Å². The van der Waals surface area contributed by atoms with Crippen molar-refractivity contribution in [2.45, 2.75) is 13.8 Å². The van der Waals surface area contributed by atoms with Crippen molar-refractivity contribution in [3.8, 4) is 16.6 Å². The molecule has 0 radical (unpaired) electrons. The predicted molar refractivity (Wildman–Crippen MR) is 78.8 cm³/mol. The Kier molecular flexibility index (Phi) is 4.23. The molecule has 2 rings (SSSR count). The highest BCUT2D eigenvalue weighted by atomic mass is 32.1. The highest BCUT2D eigenvalue weighted by Gasteiger charge is 2.23. The quantitative estimate of drug-likeness (QED) is 0.474. The lowest BCUT2D eigenvalue weighted by Crippen LogP contribution is -1.92. The molecule has 0 N–H and O–H groups in total. The number of Topliss-reactive ketones (excluding diaryl/α,β-unsaturated/α-hetero) is 1. The fourth-order valence-corrected chi connectivity index (χ4v) is 2.58. The van der Waals surface area contributed by atoms with Crippen LogP contribution in [0.3, 0.4) is 0 Å². The van der Waals surface area contributed by atoms with Crippen molar-refractivity contribution in [1.29, 1.82) is 0 Å². The number of nitro groups is 1. The van der Waals surface area contributed by atoms with Gasteiger partial charge in [-0.15, -0.1) is 0 Å². The molecule has 0 aliphatic carbocycles. The maximum atomic E-state index is 11.4. The molecular formula is C14H13NO5S. The van der Waals surface area contributed by atoms with Gasteiger partial charge in [0, 0.05) is 6.07 Å². The smallest absolute Gasteiger partial charge is 0.323 e. The third-order valence-corrected chi connectivity index (χ3v) is 3.85. The number of rotatable bonds is 5. The number of ether oxygens (including phenoxy) is 2. The molecule has 0 unspecified atom stereocenters. The molecule has 21 heavy (non-hydrogen) atoms. The van der Waals surface area contributed by atoms with Gasteiger partial charge >= 0.3 is 5.69 Å². The number of benzene rings is 1. The molecule has 1 aromatic carbocycles. The molecule has 0 aliphatic rings. The lowest BCUT2D eigenvalue weighted by Gasteiger charge is -2.09. The van der Waals surface area contributed by atoms with E-state index in [1.807, 2.05) is 13.0 Å². The number of carbonyl (C=O) groups is 1. The van der Waals surface area contributed by atoms with E-state index >= 15 is 0 Å². The first kappa shape index (κ1) is 15.0. The standard InChI is InChI=1S/C14H13NO5S/c1-8-4-5-11(12(6-8)19-3)20-14-10(15(17)18)7-13(21-14)9(2)16/h4-7H,1-3H3. The van der Waals surface area contributed by atoms with Gasteiger partial charge in [0.05, 0.1) is 16.9 Å². The summed E-state index contributed by atoms with van der Waals surface area (Å²) >= 11 is 0.945. The molecule has 0 atom stereocenters. The van der Waals surface area contributed by atoms with Gasteiger partial charge in [-0.1, -0.05) is 17.4 Å². The van der Waals surface area contributed by atoms with Crippen molar-refractivity contribution >= 4 is 22.8 Å². The first-order valence-corrected chi connectivity index (χ1v) is 6.85. The second-order valence-corrected chi connectivity index (χ2v) is 5.37. The molecule has 110 valence electrons. The molecule has 7 heteroatoms. The van der Waals surface area contributed by atoms with Crippen LogP contribution in [-0.2, 0) is 0 Å². The highest BCUT2D eigenvalue weighted by molar-refractivity contribution is 7.16. The molecule has 0 bridgehead atoms. The molecule has 1 heterocycles. The molecule has 2 aromatic rings. The Balaban J connectivity index is 2.43. The number of hydrogen-bond donors (Lipinski definition) is 0. The third-order valence-electron chi connectivity index (χ3n) is 2.75. The molecule has 0 saturated carbocycles. The second-order valence-electron chi connectivity index (χ2n) is 4.35. The molecule has 0 spiro atoms. The Morgan fingerprint density at radius 3 is 2.57 bits per heavy atom. The van der Waals surface area contributed by atoms with E-state index < -0.39 is 4.92 Å². The second kappa shape index (κ2) is 5.92. The maximum absolute atomic E-state index is 11.4. The van der Waals surface area contributed by atoms with Gasteiger partial charge in [0.15, 0.2) is 17.3 Å². The van der Waals surface area contributed by atoms with E-state index in [4.69, 9.17) is 9.47 Å². The number of carbonyl (C=O) groups excluding carboxylic acids is 1.